The number of aliphatic hydroxyl groups excluding tert-OH is 1. The number of ketones is 1. The first-order chi connectivity index (χ1) is 11.8. The average Bonchev–Trinajstić information content (AvgIpc) is 2.56. The predicted octanol–water partition coefficient (Wildman–Crippen LogP) is 2.34. The van der Waals surface area contributed by atoms with E-state index < -0.39 is 29.2 Å². The van der Waals surface area contributed by atoms with Gasteiger partial charge in [-0.2, -0.15) is 0 Å². The van der Waals surface area contributed by atoms with Crippen molar-refractivity contribution in [3.8, 4) is 0 Å². The number of hydrogen-bond donors (Lipinski definition) is 2. The molecule has 152 valence electrons. The zero-order valence-electron chi connectivity index (χ0n) is 17.2. The molecule has 6 nitrogen and oxygen atoms in total. The van der Waals surface area contributed by atoms with Crippen LogP contribution in [0.1, 0.15) is 60.8 Å². The number of aliphatic hydroxyl groups is 2. The van der Waals surface area contributed by atoms with Crippen molar-refractivity contribution in [2.75, 3.05) is 13.7 Å². The van der Waals surface area contributed by atoms with Gasteiger partial charge in [-0.15, -0.1) is 0 Å². The average molecular weight is 373 g/mol. The van der Waals surface area contributed by atoms with Gasteiger partial charge in [0, 0.05) is 18.9 Å². The molecule has 1 fully saturated rings. The normalized spacial score (nSPS) is 44.3. The Hall–Kier alpha value is -0.980. The van der Waals surface area contributed by atoms with Gasteiger partial charge in [0.2, 0.25) is 0 Å². The molecule has 1 aliphatic heterocycles. The molecule has 1 saturated heterocycles. The standard InChI is InChI=1S/C20H36O6/c1-12-8-13(2)18(23)26-11-20(6,24)17(22)15(4)16(21)14(3)10-19(5,9-12)25-7/h12-15,17,22,24H,8-11H2,1-7H3/t12-,13+,14+,15-,17+,19-,20+/m0/s1. The van der Waals surface area contributed by atoms with Gasteiger partial charge in [0.25, 0.3) is 0 Å². The molecule has 0 radical (unpaired) electrons. The second-order valence-corrected chi connectivity index (χ2v) is 8.81. The Morgan fingerprint density at radius 1 is 1.08 bits per heavy atom. The number of rotatable bonds is 1. The lowest BCUT2D eigenvalue weighted by Gasteiger charge is -2.37. The maximum absolute atomic E-state index is 12.8. The van der Waals surface area contributed by atoms with Crippen LogP contribution in [0.5, 0.6) is 0 Å². The van der Waals surface area contributed by atoms with Crippen molar-refractivity contribution >= 4 is 11.8 Å². The largest absolute Gasteiger partial charge is 0.462 e. The number of carbonyl (C=O) groups excluding carboxylic acids is 2. The van der Waals surface area contributed by atoms with Crippen molar-refractivity contribution in [2.24, 2.45) is 23.7 Å². The number of esters is 1. The minimum absolute atomic E-state index is 0.134. The minimum Gasteiger partial charge on any atom is -0.462 e. The molecule has 0 aromatic carbocycles. The maximum atomic E-state index is 12.8. The van der Waals surface area contributed by atoms with E-state index in [0.29, 0.717) is 19.3 Å². The maximum Gasteiger partial charge on any atom is 0.308 e. The highest BCUT2D eigenvalue weighted by atomic mass is 16.5. The topological polar surface area (TPSA) is 93.1 Å². The first-order valence-electron chi connectivity index (χ1n) is 9.49. The lowest BCUT2D eigenvalue weighted by molar-refractivity contribution is -0.169. The highest BCUT2D eigenvalue weighted by molar-refractivity contribution is 5.83. The Morgan fingerprint density at radius 2 is 1.65 bits per heavy atom. The smallest absolute Gasteiger partial charge is 0.308 e. The van der Waals surface area contributed by atoms with Crippen LogP contribution in [0, 0.1) is 23.7 Å². The van der Waals surface area contributed by atoms with E-state index in [-0.39, 0.29) is 30.1 Å². The second kappa shape index (κ2) is 8.81. The SMILES string of the molecule is CO[C@@]1(C)C[C@@H](C)C[C@@H](C)C(=O)OC[C@@](C)(O)[C@H](O)[C@@H](C)C(=O)[C@H](C)C1. The molecular formula is C20H36O6. The van der Waals surface area contributed by atoms with E-state index in [1.807, 2.05) is 13.8 Å². The van der Waals surface area contributed by atoms with E-state index in [1.165, 1.54) is 6.92 Å². The summed E-state index contributed by atoms with van der Waals surface area (Å²) in [6, 6.07) is 0. The Morgan fingerprint density at radius 3 is 2.19 bits per heavy atom. The van der Waals surface area contributed by atoms with Gasteiger partial charge in [-0.1, -0.05) is 27.7 Å². The van der Waals surface area contributed by atoms with Gasteiger partial charge in [0.1, 0.15) is 18.0 Å². The molecule has 0 aliphatic carbocycles. The molecule has 0 spiro atoms. The molecule has 0 unspecified atom stereocenters. The lowest BCUT2D eigenvalue weighted by atomic mass is 9.77. The van der Waals surface area contributed by atoms with Crippen LogP contribution in [0.3, 0.4) is 0 Å². The Balaban J connectivity index is 3.15. The van der Waals surface area contributed by atoms with Crippen LogP contribution in [0.2, 0.25) is 0 Å². The molecule has 6 heteroatoms. The van der Waals surface area contributed by atoms with Gasteiger partial charge in [0.05, 0.1) is 17.6 Å². The van der Waals surface area contributed by atoms with Crippen LogP contribution in [0.25, 0.3) is 0 Å². The number of cyclic esters (lactones) is 1. The quantitative estimate of drug-likeness (QED) is 0.686. The monoisotopic (exact) mass is 372 g/mol. The minimum atomic E-state index is -1.69. The summed E-state index contributed by atoms with van der Waals surface area (Å²) in [5.41, 5.74) is -2.19. The van der Waals surface area contributed by atoms with Crippen LogP contribution in [-0.2, 0) is 19.1 Å². The number of methoxy groups -OCH3 is 1. The molecule has 1 aliphatic rings. The number of carbonyl (C=O) groups is 2. The molecular weight excluding hydrogens is 336 g/mol. The van der Waals surface area contributed by atoms with E-state index in [9.17, 15) is 19.8 Å². The number of Topliss-reactive ketones (excluding diaryl/α,β-unsaturated/α-hetero) is 1. The first-order valence-corrected chi connectivity index (χ1v) is 9.49. The molecule has 7 atom stereocenters. The molecule has 0 aromatic heterocycles. The van der Waals surface area contributed by atoms with Crippen LogP contribution in [0.4, 0.5) is 0 Å². The molecule has 1 heterocycles. The fourth-order valence-corrected chi connectivity index (χ4v) is 4.11. The third kappa shape index (κ3) is 5.76. The number of hydrogen-bond acceptors (Lipinski definition) is 6. The third-order valence-corrected chi connectivity index (χ3v) is 5.72. The zero-order valence-corrected chi connectivity index (χ0v) is 17.2. The van der Waals surface area contributed by atoms with E-state index in [4.69, 9.17) is 9.47 Å². The number of ether oxygens (including phenoxy) is 2. The first kappa shape index (κ1) is 23.1. The van der Waals surface area contributed by atoms with Gasteiger partial charge < -0.3 is 19.7 Å². The van der Waals surface area contributed by atoms with Crippen molar-refractivity contribution in [2.45, 2.75) is 78.1 Å². The summed E-state index contributed by atoms with van der Waals surface area (Å²) < 4.78 is 10.9. The molecule has 1 rings (SSSR count). The highest BCUT2D eigenvalue weighted by Crippen LogP contribution is 2.33. The lowest BCUT2D eigenvalue weighted by Crippen LogP contribution is -2.50. The molecule has 0 aromatic rings. The van der Waals surface area contributed by atoms with E-state index in [0.717, 1.165) is 0 Å². The van der Waals surface area contributed by atoms with Crippen molar-refractivity contribution in [1.29, 1.82) is 0 Å². The van der Waals surface area contributed by atoms with Crippen LogP contribution in [0.15, 0.2) is 0 Å². The van der Waals surface area contributed by atoms with Crippen LogP contribution >= 0.6 is 0 Å². The summed E-state index contributed by atoms with van der Waals surface area (Å²) in [7, 11) is 1.63. The second-order valence-electron chi connectivity index (χ2n) is 8.81. The molecule has 2 N–H and O–H groups in total. The summed E-state index contributed by atoms with van der Waals surface area (Å²) in [5.74, 6) is -1.76. The Kier molecular flexibility index (Phi) is 7.81. The summed E-state index contributed by atoms with van der Waals surface area (Å²) in [6.45, 7) is 10.3. The van der Waals surface area contributed by atoms with Crippen molar-refractivity contribution in [1.82, 2.24) is 0 Å². The third-order valence-electron chi connectivity index (χ3n) is 5.72. The molecule has 26 heavy (non-hydrogen) atoms. The highest BCUT2D eigenvalue weighted by Gasteiger charge is 2.42. The van der Waals surface area contributed by atoms with Crippen molar-refractivity contribution < 1.29 is 29.3 Å². The zero-order chi connectivity index (χ0) is 20.3. The van der Waals surface area contributed by atoms with E-state index in [1.54, 1.807) is 21.0 Å². The van der Waals surface area contributed by atoms with Gasteiger partial charge >= 0.3 is 5.97 Å². The predicted molar refractivity (Wildman–Crippen MR) is 98.5 cm³/mol. The fraction of sp³-hybridized carbons (Fsp3) is 0.900. The Labute approximate surface area is 157 Å². The fourth-order valence-electron chi connectivity index (χ4n) is 4.11. The van der Waals surface area contributed by atoms with Crippen LogP contribution in [-0.4, -0.2) is 53.0 Å². The molecule has 0 amide bonds. The van der Waals surface area contributed by atoms with E-state index in [2.05, 4.69) is 6.92 Å². The summed E-state index contributed by atoms with van der Waals surface area (Å²) in [4.78, 5) is 25.0. The van der Waals surface area contributed by atoms with Gasteiger partial charge in [-0.05, 0) is 39.0 Å². The Bertz CT molecular complexity index is 503. The van der Waals surface area contributed by atoms with Gasteiger partial charge in [-0.3, -0.25) is 9.59 Å². The summed E-state index contributed by atoms with van der Waals surface area (Å²) >= 11 is 0. The van der Waals surface area contributed by atoms with Gasteiger partial charge in [-0.25, -0.2) is 0 Å². The van der Waals surface area contributed by atoms with Gasteiger partial charge in [0.15, 0.2) is 0 Å². The molecule has 0 bridgehead atoms. The van der Waals surface area contributed by atoms with Crippen molar-refractivity contribution in [3.05, 3.63) is 0 Å². The van der Waals surface area contributed by atoms with Crippen molar-refractivity contribution in [3.63, 3.8) is 0 Å². The summed E-state index contributed by atoms with van der Waals surface area (Å²) in [5, 5.41) is 21.0. The molecule has 0 saturated carbocycles. The summed E-state index contributed by atoms with van der Waals surface area (Å²) in [6.07, 6.45) is 0.537. The van der Waals surface area contributed by atoms with Crippen LogP contribution < -0.4 is 0 Å². The van der Waals surface area contributed by atoms with E-state index >= 15 is 0 Å².